The molecule has 104 valence electrons. The first-order valence-corrected chi connectivity index (χ1v) is 7.26. The molecule has 5 nitrogen and oxygen atoms in total. The van der Waals surface area contributed by atoms with Gasteiger partial charge in [0.05, 0.1) is 35.5 Å². The van der Waals surface area contributed by atoms with E-state index in [1.165, 1.54) is 37.7 Å². The first-order valence-electron chi connectivity index (χ1n) is 5.29. The van der Waals surface area contributed by atoms with Crippen molar-refractivity contribution in [1.82, 2.24) is 0 Å². The smallest absolute Gasteiger partial charge is 0.315 e. The number of carbonyl (C=O) groups is 2. The molecule has 0 bridgehead atoms. The molecule has 7 heteroatoms. The summed E-state index contributed by atoms with van der Waals surface area (Å²) in [5, 5.41) is 10.0. The van der Waals surface area contributed by atoms with E-state index in [9.17, 15) is 14.7 Å². The van der Waals surface area contributed by atoms with Crippen LogP contribution in [0.25, 0.3) is 0 Å². The molecule has 0 heterocycles. The summed E-state index contributed by atoms with van der Waals surface area (Å²) >= 11 is 2.36. The van der Waals surface area contributed by atoms with Gasteiger partial charge in [0.25, 0.3) is 0 Å². The van der Waals surface area contributed by atoms with Crippen LogP contribution < -0.4 is 0 Å². The number of benzene rings is 1. The molecular formula is C12H14O5S2. The lowest BCUT2D eigenvalue weighted by Crippen LogP contribution is -2.03. The molecule has 0 aliphatic heterocycles. The molecule has 19 heavy (non-hydrogen) atoms. The fraction of sp³-hybridized carbons (Fsp3) is 0.333. The average molecular weight is 302 g/mol. The highest BCUT2D eigenvalue weighted by Gasteiger charge is 2.11. The number of hydrogen-bond acceptors (Lipinski definition) is 7. The van der Waals surface area contributed by atoms with Gasteiger partial charge in [0.1, 0.15) is 5.75 Å². The van der Waals surface area contributed by atoms with Crippen molar-refractivity contribution in [2.45, 2.75) is 9.79 Å². The van der Waals surface area contributed by atoms with Crippen LogP contribution in [0.4, 0.5) is 0 Å². The van der Waals surface area contributed by atoms with Crippen LogP contribution >= 0.6 is 23.5 Å². The van der Waals surface area contributed by atoms with Gasteiger partial charge in [0.2, 0.25) is 0 Å². The molecule has 0 fully saturated rings. The van der Waals surface area contributed by atoms with Gasteiger partial charge in [-0.25, -0.2) is 0 Å². The lowest BCUT2D eigenvalue weighted by molar-refractivity contribution is -0.138. The maximum absolute atomic E-state index is 11.0. The zero-order valence-electron chi connectivity index (χ0n) is 10.5. The monoisotopic (exact) mass is 302 g/mol. The Morgan fingerprint density at radius 3 is 1.84 bits per heavy atom. The van der Waals surface area contributed by atoms with Crippen molar-refractivity contribution in [1.29, 1.82) is 0 Å². The van der Waals surface area contributed by atoms with E-state index >= 15 is 0 Å². The van der Waals surface area contributed by atoms with Crippen LogP contribution in [0, 0.1) is 0 Å². The second-order valence-corrected chi connectivity index (χ2v) is 5.37. The first-order chi connectivity index (χ1) is 9.08. The maximum Gasteiger partial charge on any atom is 0.315 e. The number of aromatic hydroxyl groups is 1. The molecule has 0 aromatic heterocycles. The van der Waals surface area contributed by atoms with Gasteiger partial charge in [-0.2, -0.15) is 0 Å². The second-order valence-electron chi connectivity index (χ2n) is 3.33. The van der Waals surface area contributed by atoms with Gasteiger partial charge in [-0.15, -0.1) is 23.5 Å². The molecule has 0 aliphatic carbocycles. The Hall–Kier alpha value is -1.34. The van der Waals surface area contributed by atoms with E-state index in [0.717, 1.165) is 0 Å². The molecular weight excluding hydrogens is 288 g/mol. The molecule has 0 amide bonds. The van der Waals surface area contributed by atoms with Gasteiger partial charge in [-0.3, -0.25) is 9.59 Å². The standard InChI is InChI=1S/C12H14O5S2/c1-16-10(13)6-18-8-4-3-5-9(12(8)15)19-7-11(14)17-2/h3-5,15H,6-7H2,1-2H3. The Labute approximate surface area is 119 Å². The van der Waals surface area contributed by atoms with Crippen LogP contribution in [-0.4, -0.2) is 42.8 Å². The van der Waals surface area contributed by atoms with E-state index in [-0.39, 0.29) is 29.2 Å². The molecule has 1 N–H and O–H groups in total. The molecule has 0 saturated carbocycles. The number of phenolic OH excluding ortho intramolecular Hbond substituents is 1. The van der Waals surface area contributed by atoms with Crippen LogP contribution in [0.15, 0.2) is 28.0 Å². The Bertz CT molecular complexity index is 423. The summed E-state index contributed by atoms with van der Waals surface area (Å²) in [5.74, 6) is -0.427. The third-order valence-electron chi connectivity index (χ3n) is 2.11. The highest BCUT2D eigenvalue weighted by atomic mass is 32.2. The van der Waals surface area contributed by atoms with Gasteiger partial charge in [-0.1, -0.05) is 6.07 Å². The fourth-order valence-electron chi connectivity index (χ4n) is 1.13. The van der Waals surface area contributed by atoms with Crippen LogP contribution in [0.2, 0.25) is 0 Å². The number of phenols is 1. The molecule has 1 rings (SSSR count). The second kappa shape index (κ2) is 7.96. The molecule has 1 aromatic rings. The van der Waals surface area contributed by atoms with Crippen molar-refractivity contribution in [2.75, 3.05) is 25.7 Å². The minimum absolute atomic E-state index is 0.0605. The number of hydrogen-bond donors (Lipinski definition) is 1. The highest BCUT2D eigenvalue weighted by Crippen LogP contribution is 2.37. The SMILES string of the molecule is COC(=O)CSc1cccc(SCC(=O)OC)c1O. The predicted molar refractivity (Wildman–Crippen MR) is 73.6 cm³/mol. The lowest BCUT2D eigenvalue weighted by atomic mass is 10.3. The largest absolute Gasteiger partial charge is 0.506 e. The summed E-state index contributed by atoms with van der Waals surface area (Å²) in [5.41, 5.74) is 0. The molecule has 0 atom stereocenters. The average Bonchev–Trinajstić information content (AvgIpc) is 2.44. The molecule has 1 aromatic carbocycles. The topological polar surface area (TPSA) is 72.8 Å². The number of thioether (sulfide) groups is 2. The zero-order chi connectivity index (χ0) is 14.3. The van der Waals surface area contributed by atoms with Crippen LogP contribution in [0.5, 0.6) is 5.75 Å². The van der Waals surface area contributed by atoms with Gasteiger partial charge >= 0.3 is 11.9 Å². The first kappa shape index (κ1) is 15.7. The quantitative estimate of drug-likeness (QED) is 0.635. The zero-order valence-corrected chi connectivity index (χ0v) is 12.2. The lowest BCUT2D eigenvalue weighted by Gasteiger charge is -2.08. The van der Waals surface area contributed by atoms with Crippen molar-refractivity contribution >= 4 is 35.5 Å². The molecule has 0 aliphatic rings. The van der Waals surface area contributed by atoms with E-state index in [4.69, 9.17) is 0 Å². The number of rotatable bonds is 6. The van der Waals surface area contributed by atoms with Gasteiger partial charge in [0, 0.05) is 0 Å². The number of esters is 2. The van der Waals surface area contributed by atoms with E-state index in [0.29, 0.717) is 9.79 Å². The van der Waals surface area contributed by atoms with E-state index < -0.39 is 0 Å². The summed E-state index contributed by atoms with van der Waals surface area (Å²) < 4.78 is 9.06. The minimum atomic E-state index is -0.364. The Kier molecular flexibility index (Phi) is 6.58. The van der Waals surface area contributed by atoms with Crippen molar-refractivity contribution in [3.05, 3.63) is 18.2 Å². The van der Waals surface area contributed by atoms with E-state index in [1.54, 1.807) is 18.2 Å². The molecule has 0 saturated heterocycles. The summed E-state index contributed by atoms with van der Waals surface area (Å²) in [6, 6.07) is 5.15. The van der Waals surface area contributed by atoms with Gasteiger partial charge in [-0.05, 0) is 12.1 Å². The third kappa shape index (κ3) is 5.04. The summed E-state index contributed by atoms with van der Waals surface area (Å²) in [6.07, 6.45) is 0. The van der Waals surface area contributed by atoms with Crippen LogP contribution in [0.1, 0.15) is 0 Å². The Balaban J connectivity index is 2.69. The summed E-state index contributed by atoms with van der Waals surface area (Å²) in [6.45, 7) is 0. The number of carbonyl (C=O) groups excluding carboxylic acids is 2. The minimum Gasteiger partial charge on any atom is -0.506 e. The highest BCUT2D eigenvalue weighted by molar-refractivity contribution is 8.00. The number of para-hydroxylation sites is 1. The van der Waals surface area contributed by atoms with Gasteiger partial charge in [0.15, 0.2) is 0 Å². The van der Waals surface area contributed by atoms with Crippen molar-refractivity contribution in [2.24, 2.45) is 0 Å². The molecule has 0 radical (unpaired) electrons. The van der Waals surface area contributed by atoms with Crippen molar-refractivity contribution in [3.8, 4) is 5.75 Å². The van der Waals surface area contributed by atoms with Gasteiger partial charge < -0.3 is 14.6 Å². The summed E-state index contributed by atoms with van der Waals surface area (Å²) in [4.78, 5) is 23.2. The van der Waals surface area contributed by atoms with Crippen molar-refractivity contribution < 1.29 is 24.2 Å². The van der Waals surface area contributed by atoms with Crippen LogP contribution in [-0.2, 0) is 19.1 Å². The normalized spacial score (nSPS) is 10.0. The predicted octanol–water partition coefficient (Wildman–Crippen LogP) is 1.92. The number of ether oxygens (including phenoxy) is 2. The van der Waals surface area contributed by atoms with Crippen molar-refractivity contribution in [3.63, 3.8) is 0 Å². The fourth-order valence-corrected chi connectivity index (χ4v) is 2.82. The maximum atomic E-state index is 11.0. The number of methoxy groups -OCH3 is 2. The molecule has 0 unspecified atom stereocenters. The van der Waals surface area contributed by atoms with E-state index in [1.807, 2.05) is 0 Å². The van der Waals surface area contributed by atoms with E-state index in [2.05, 4.69) is 9.47 Å². The third-order valence-corrected chi connectivity index (χ3v) is 4.15. The molecule has 0 spiro atoms. The Morgan fingerprint density at radius 2 is 1.47 bits per heavy atom. The summed E-state index contributed by atoms with van der Waals surface area (Å²) in [7, 11) is 2.62. The Morgan fingerprint density at radius 1 is 1.05 bits per heavy atom. The van der Waals surface area contributed by atoms with Crippen LogP contribution in [0.3, 0.4) is 0 Å².